The second-order valence-corrected chi connectivity index (χ2v) is 7.94. The Morgan fingerprint density at radius 1 is 1.22 bits per heavy atom. The molecule has 0 aliphatic heterocycles. The van der Waals surface area contributed by atoms with Crippen LogP contribution >= 0.6 is 11.8 Å². The normalized spacial score (nSPS) is 16.9. The minimum absolute atomic E-state index is 0.103. The zero-order chi connectivity index (χ0) is 13.0. The molecule has 0 radical (unpaired) electrons. The highest BCUT2D eigenvalue weighted by Crippen LogP contribution is 2.34. The van der Waals surface area contributed by atoms with Gasteiger partial charge in [-0.2, -0.15) is 0 Å². The lowest BCUT2D eigenvalue weighted by Crippen LogP contribution is -2.14. The molecule has 0 atom stereocenters. The molecule has 18 heavy (non-hydrogen) atoms. The first-order chi connectivity index (χ1) is 8.59. The number of nitrogens with one attached hydrogen (secondary N) is 1. The van der Waals surface area contributed by atoms with Crippen molar-refractivity contribution in [1.29, 1.82) is 0 Å². The van der Waals surface area contributed by atoms with E-state index in [1.165, 1.54) is 30.6 Å². The van der Waals surface area contributed by atoms with E-state index in [1.54, 1.807) is 6.92 Å². The molecule has 0 bridgehead atoms. The van der Waals surface area contributed by atoms with E-state index in [-0.39, 0.29) is 5.75 Å². The van der Waals surface area contributed by atoms with Gasteiger partial charge in [0.1, 0.15) is 0 Å². The molecule has 0 saturated heterocycles. The summed E-state index contributed by atoms with van der Waals surface area (Å²) in [5.41, 5.74) is 0.646. The lowest BCUT2D eigenvalue weighted by molar-refractivity contribution is 0.602. The molecule has 0 unspecified atom stereocenters. The Morgan fingerprint density at radius 2 is 1.83 bits per heavy atom. The van der Waals surface area contributed by atoms with Crippen LogP contribution in [0.15, 0.2) is 29.2 Å². The molecular formula is C13H19NO2S2. The summed E-state index contributed by atoms with van der Waals surface area (Å²) in [6.45, 7) is 1.63. The van der Waals surface area contributed by atoms with Crippen LogP contribution in [0.1, 0.15) is 32.6 Å². The number of thioether (sulfide) groups is 1. The van der Waals surface area contributed by atoms with Crippen molar-refractivity contribution in [1.82, 2.24) is 0 Å². The maximum Gasteiger partial charge on any atom is 0.232 e. The Morgan fingerprint density at radius 3 is 2.39 bits per heavy atom. The van der Waals surface area contributed by atoms with Crippen LogP contribution in [-0.4, -0.2) is 19.4 Å². The Balaban J connectivity index is 1.96. The standard InChI is InChI=1S/C13H19NO2S2/c1-2-18(15,16)14-11-7-9-13(10-8-11)17-12-5-3-4-6-12/h7-10,12,14H,2-6H2,1H3. The number of hydrogen-bond acceptors (Lipinski definition) is 3. The average molecular weight is 285 g/mol. The number of benzene rings is 1. The van der Waals surface area contributed by atoms with Crippen molar-refractivity contribution in [3.05, 3.63) is 24.3 Å². The van der Waals surface area contributed by atoms with Crippen LogP contribution in [0.3, 0.4) is 0 Å². The highest BCUT2D eigenvalue weighted by Gasteiger charge is 2.16. The van der Waals surface area contributed by atoms with Crippen molar-refractivity contribution >= 4 is 27.5 Å². The number of anilines is 1. The van der Waals surface area contributed by atoms with Crippen LogP contribution < -0.4 is 4.72 Å². The van der Waals surface area contributed by atoms with E-state index in [1.807, 2.05) is 36.0 Å². The first kappa shape index (κ1) is 13.7. The molecule has 100 valence electrons. The largest absolute Gasteiger partial charge is 0.284 e. The first-order valence-corrected chi connectivity index (χ1v) is 8.89. The highest BCUT2D eigenvalue weighted by molar-refractivity contribution is 8.00. The van der Waals surface area contributed by atoms with Gasteiger partial charge in [-0.05, 0) is 44.0 Å². The van der Waals surface area contributed by atoms with E-state index in [0.717, 1.165) is 5.25 Å². The summed E-state index contributed by atoms with van der Waals surface area (Å²) in [6, 6.07) is 7.67. The fraction of sp³-hybridized carbons (Fsp3) is 0.538. The smallest absolute Gasteiger partial charge is 0.232 e. The molecule has 1 aromatic carbocycles. The van der Waals surface area contributed by atoms with Crippen LogP contribution in [-0.2, 0) is 10.0 Å². The maximum atomic E-state index is 11.4. The molecule has 5 heteroatoms. The van der Waals surface area contributed by atoms with Crippen LogP contribution in [0.5, 0.6) is 0 Å². The number of rotatable bonds is 5. The summed E-state index contributed by atoms with van der Waals surface area (Å²) in [7, 11) is -3.16. The third-order valence-electron chi connectivity index (χ3n) is 3.11. The minimum Gasteiger partial charge on any atom is -0.284 e. The molecule has 0 heterocycles. The van der Waals surface area contributed by atoms with E-state index in [4.69, 9.17) is 0 Å². The average Bonchev–Trinajstić information content (AvgIpc) is 2.84. The SMILES string of the molecule is CCS(=O)(=O)Nc1ccc(SC2CCCC2)cc1. The van der Waals surface area contributed by atoms with Crippen molar-refractivity contribution in [3.8, 4) is 0 Å². The van der Waals surface area contributed by atoms with Gasteiger partial charge in [-0.1, -0.05) is 12.8 Å². The third kappa shape index (κ3) is 3.92. The van der Waals surface area contributed by atoms with Gasteiger partial charge in [-0.25, -0.2) is 8.42 Å². The number of hydrogen-bond donors (Lipinski definition) is 1. The summed E-state index contributed by atoms with van der Waals surface area (Å²) in [5.74, 6) is 0.103. The van der Waals surface area contributed by atoms with Gasteiger partial charge in [-0.15, -0.1) is 11.8 Å². The van der Waals surface area contributed by atoms with Gasteiger partial charge in [0.25, 0.3) is 0 Å². The Labute approximate surface area is 113 Å². The molecule has 1 aliphatic rings. The molecule has 0 amide bonds. The quantitative estimate of drug-likeness (QED) is 0.901. The van der Waals surface area contributed by atoms with Crippen molar-refractivity contribution in [2.75, 3.05) is 10.5 Å². The summed E-state index contributed by atoms with van der Waals surface area (Å²) >= 11 is 1.91. The van der Waals surface area contributed by atoms with Crippen molar-refractivity contribution in [3.63, 3.8) is 0 Å². The monoisotopic (exact) mass is 285 g/mol. The molecule has 1 aromatic rings. The summed E-state index contributed by atoms with van der Waals surface area (Å²) in [4.78, 5) is 1.22. The van der Waals surface area contributed by atoms with Crippen molar-refractivity contribution in [2.45, 2.75) is 42.8 Å². The molecular weight excluding hydrogens is 266 g/mol. The van der Waals surface area contributed by atoms with E-state index in [2.05, 4.69) is 4.72 Å². The second-order valence-electron chi connectivity index (χ2n) is 4.55. The molecule has 0 aromatic heterocycles. The fourth-order valence-electron chi connectivity index (χ4n) is 2.05. The maximum absolute atomic E-state index is 11.4. The predicted octanol–water partition coefficient (Wildman–Crippen LogP) is 3.48. The molecule has 1 N–H and O–H groups in total. The minimum atomic E-state index is -3.16. The second kappa shape index (κ2) is 5.97. The summed E-state index contributed by atoms with van der Waals surface area (Å²) in [5, 5.41) is 0.739. The van der Waals surface area contributed by atoms with Gasteiger partial charge in [0.05, 0.1) is 5.75 Å². The molecule has 1 fully saturated rings. The predicted molar refractivity (Wildman–Crippen MR) is 77.6 cm³/mol. The van der Waals surface area contributed by atoms with Crippen LogP contribution in [0, 0.1) is 0 Å². The van der Waals surface area contributed by atoms with E-state index >= 15 is 0 Å². The molecule has 1 aliphatic carbocycles. The first-order valence-electron chi connectivity index (χ1n) is 6.36. The van der Waals surface area contributed by atoms with Crippen molar-refractivity contribution in [2.24, 2.45) is 0 Å². The van der Waals surface area contributed by atoms with Gasteiger partial charge < -0.3 is 0 Å². The van der Waals surface area contributed by atoms with Gasteiger partial charge in [-0.3, -0.25) is 4.72 Å². The molecule has 1 saturated carbocycles. The zero-order valence-electron chi connectivity index (χ0n) is 10.6. The van der Waals surface area contributed by atoms with Gasteiger partial charge in [0.2, 0.25) is 10.0 Å². The third-order valence-corrected chi connectivity index (χ3v) is 5.77. The lowest BCUT2D eigenvalue weighted by atomic mass is 10.3. The van der Waals surface area contributed by atoms with E-state index < -0.39 is 10.0 Å². The lowest BCUT2D eigenvalue weighted by Gasteiger charge is -2.10. The Kier molecular flexibility index (Phi) is 4.56. The molecule has 0 spiro atoms. The summed E-state index contributed by atoms with van der Waals surface area (Å²) in [6.07, 6.45) is 5.28. The van der Waals surface area contributed by atoms with Crippen molar-refractivity contribution < 1.29 is 8.42 Å². The molecule has 3 nitrogen and oxygen atoms in total. The summed E-state index contributed by atoms with van der Waals surface area (Å²) < 4.78 is 25.4. The van der Waals surface area contributed by atoms with Crippen LogP contribution in [0.4, 0.5) is 5.69 Å². The van der Waals surface area contributed by atoms with E-state index in [9.17, 15) is 8.42 Å². The fourth-order valence-corrected chi connectivity index (χ4v) is 3.94. The van der Waals surface area contributed by atoms with Crippen LogP contribution in [0.25, 0.3) is 0 Å². The zero-order valence-corrected chi connectivity index (χ0v) is 12.2. The molecule has 2 rings (SSSR count). The Hall–Kier alpha value is -0.680. The number of sulfonamides is 1. The topological polar surface area (TPSA) is 46.2 Å². The van der Waals surface area contributed by atoms with Gasteiger partial charge in [0, 0.05) is 15.8 Å². The van der Waals surface area contributed by atoms with E-state index in [0.29, 0.717) is 5.69 Å². The van der Waals surface area contributed by atoms with Crippen LogP contribution in [0.2, 0.25) is 0 Å². The highest BCUT2D eigenvalue weighted by atomic mass is 32.2. The van der Waals surface area contributed by atoms with Gasteiger partial charge in [0.15, 0.2) is 0 Å². The Bertz CT molecular complexity index is 476. The van der Waals surface area contributed by atoms with Gasteiger partial charge >= 0.3 is 0 Å².